The van der Waals surface area contributed by atoms with E-state index in [1.165, 1.54) is 12.8 Å². The Bertz CT molecular complexity index is 219. The molecule has 0 aromatic rings. The molecule has 4 heteroatoms. The van der Waals surface area contributed by atoms with E-state index in [1.807, 2.05) is 25.6 Å². The molecule has 1 amide bonds. The lowest BCUT2D eigenvalue weighted by atomic mass is 10.2. The summed E-state index contributed by atoms with van der Waals surface area (Å²) in [5, 5.41) is 3.40. The molecule has 100 valence electrons. The van der Waals surface area contributed by atoms with Crippen molar-refractivity contribution < 1.29 is 4.79 Å². The number of nitrogens with one attached hydrogen (secondary N) is 1. The van der Waals surface area contributed by atoms with Crippen molar-refractivity contribution in [3.8, 4) is 0 Å². The number of hydrogen-bond acceptors (Lipinski definition) is 3. The molecule has 0 spiro atoms. The molecule has 2 bridgehead atoms. The third-order valence-electron chi connectivity index (χ3n) is 3.41. The first-order chi connectivity index (χ1) is 8.33. The van der Waals surface area contributed by atoms with Crippen molar-refractivity contribution in [3.05, 3.63) is 0 Å². The number of amides is 1. The maximum atomic E-state index is 12.0. The topological polar surface area (TPSA) is 32.3 Å². The molecular weight excluding hydrogens is 232 g/mol. The van der Waals surface area contributed by atoms with Crippen LogP contribution in [-0.4, -0.2) is 48.0 Å². The molecule has 2 rings (SSSR count). The molecule has 0 aliphatic carbocycles. The standard InChI is InChI=1S/C11H20N2OS.C2H6/c1-15-6-2-3-11(14)13-9-4-5-10(13)8-12-7-9;1-2/h9-10,12H,2-8H2,1H3;1-2H3. The Labute approximate surface area is 110 Å². The van der Waals surface area contributed by atoms with E-state index in [-0.39, 0.29) is 0 Å². The molecule has 1 N–H and O–H groups in total. The molecule has 0 aromatic heterocycles. The van der Waals surface area contributed by atoms with Crippen LogP contribution in [0.5, 0.6) is 0 Å². The fourth-order valence-corrected chi connectivity index (χ4v) is 3.12. The van der Waals surface area contributed by atoms with Crippen molar-refractivity contribution in [2.24, 2.45) is 0 Å². The summed E-state index contributed by atoms with van der Waals surface area (Å²) in [6, 6.07) is 0.982. The van der Waals surface area contributed by atoms with Crippen LogP contribution in [0.15, 0.2) is 0 Å². The first-order valence-electron chi connectivity index (χ1n) is 6.83. The number of carbonyl (C=O) groups is 1. The van der Waals surface area contributed by atoms with E-state index in [2.05, 4.69) is 16.5 Å². The van der Waals surface area contributed by atoms with Gasteiger partial charge in [0.25, 0.3) is 0 Å². The molecule has 0 radical (unpaired) electrons. The Morgan fingerprint density at radius 3 is 2.41 bits per heavy atom. The van der Waals surface area contributed by atoms with Crippen molar-refractivity contribution in [1.82, 2.24) is 10.2 Å². The Hall–Kier alpha value is -0.220. The predicted molar refractivity (Wildman–Crippen MR) is 75.5 cm³/mol. The summed E-state index contributed by atoms with van der Waals surface area (Å²) >= 11 is 1.82. The van der Waals surface area contributed by atoms with Crippen LogP contribution in [0.1, 0.15) is 39.5 Å². The average molecular weight is 258 g/mol. The molecule has 17 heavy (non-hydrogen) atoms. The number of carbonyl (C=O) groups excluding carboxylic acids is 1. The minimum Gasteiger partial charge on any atom is -0.334 e. The number of piperazine rings is 1. The van der Waals surface area contributed by atoms with Gasteiger partial charge in [0.2, 0.25) is 5.91 Å². The van der Waals surface area contributed by atoms with E-state index in [0.29, 0.717) is 18.0 Å². The number of nitrogens with zero attached hydrogens (tertiary/aromatic N) is 1. The van der Waals surface area contributed by atoms with Gasteiger partial charge in [0.1, 0.15) is 0 Å². The van der Waals surface area contributed by atoms with Gasteiger partial charge in [-0.1, -0.05) is 13.8 Å². The molecule has 3 nitrogen and oxygen atoms in total. The first kappa shape index (κ1) is 14.8. The zero-order valence-electron chi connectivity index (χ0n) is 11.4. The van der Waals surface area contributed by atoms with E-state index in [4.69, 9.17) is 0 Å². The third kappa shape index (κ3) is 3.88. The summed E-state index contributed by atoms with van der Waals surface area (Å²) < 4.78 is 0. The van der Waals surface area contributed by atoms with E-state index >= 15 is 0 Å². The van der Waals surface area contributed by atoms with Gasteiger partial charge in [-0.2, -0.15) is 11.8 Å². The van der Waals surface area contributed by atoms with E-state index in [9.17, 15) is 4.79 Å². The number of rotatable bonds is 4. The van der Waals surface area contributed by atoms with E-state index in [0.717, 1.165) is 31.7 Å². The van der Waals surface area contributed by atoms with Crippen molar-refractivity contribution in [2.45, 2.75) is 51.6 Å². The lowest BCUT2D eigenvalue weighted by Crippen LogP contribution is -2.54. The van der Waals surface area contributed by atoms with Gasteiger partial charge in [-0.05, 0) is 31.3 Å². The molecular formula is C13H26N2OS. The molecule has 2 aliphatic rings. The number of thioether (sulfide) groups is 1. The maximum absolute atomic E-state index is 12.0. The van der Waals surface area contributed by atoms with Gasteiger partial charge < -0.3 is 10.2 Å². The Balaban J connectivity index is 0.000000686. The van der Waals surface area contributed by atoms with E-state index in [1.54, 1.807) is 0 Å². The molecule has 2 fully saturated rings. The molecule has 2 heterocycles. The van der Waals surface area contributed by atoms with Crippen molar-refractivity contribution in [1.29, 1.82) is 0 Å². The van der Waals surface area contributed by atoms with Crippen molar-refractivity contribution in [3.63, 3.8) is 0 Å². The number of hydrogen-bond donors (Lipinski definition) is 1. The van der Waals surface area contributed by atoms with E-state index < -0.39 is 0 Å². The molecule has 0 aromatic carbocycles. The monoisotopic (exact) mass is 258 g/mol. The second kappa shape index (κ2) is 7.98. The SMILES string of the molecule is CC.CSCCCC(=O)N1C2CCC1CNC2. The van der Waals surface area contributed by atoms with Gasteiger partial charge >= 0.3 is 0 Å². The highest BCUT2D eigenvalue weighted by molar-refractivity contribution is 7.98. The van der Waals surface area contributed by atoms with Crippen LogP contribution in [-0.2, 0) is 4.79 Å². The molecule has 2 atom stereocenters. The van der Waals surface area contributed by atoms with Crippen LogP contribution in [0.25, 0.3) is 0 Å². The molecule has 2 saturated heterocycles. The minimum absolute atomic E-state index is 0.387. The third-order valence-corrected chi connectivity index (χ3v) is 4.10. The minimum atomic E-state index is 0.387. The van der Waals surface area contributed by atoms with Crippen molar-refractivity contribution in [2.75, 3.05) is 25.1 Å². The lowest BCUT2D eigenvalue weighted by Gasteiger charge is -2.35. The van der Waals surface area contributed by atoms with Crippen LogP contribution in [0.2, 0.25) is 0 Å². The van der Waals surface area contributed by atoms with Crippen molar-refractivity contribution >= 4 is 17.7 Å². The Morgan fingerprint density at radius 2 is 1.88 bits per heavy atom. The fourth-order valence-electron chi connectivity index (χ4n) is 2.68. The van der Waals surface area contributed by atoms with Crippen LogP contribution >= 0.6 is 11.8 Å². The second-order valence-electron chi connectivity index (χ2n) is 4.44. The van der Waals surface area contributed by atoms with Crippen LogP contribution in [0.4, 0.5) is 0 Å². The highest BCUT2D eigenvalue weighted by atomic mass is 32.2. The first-order valence-corrected chi connectivity index (χ1v) is 8.23. The Kier molecular flexibility index (Phi) is 6.97. The predicted octanol–water partition coefficient (Wildman–Crippen LogP) is 2.12. The zero-order valence-corrected chi connectivity index (χ0v) is 12.2. The summed E-state index contributed by atoms with van der Waals surface area (Å²) in [4.78, 5) is 14.2. The highest BCUT2D eigenvalue weighted by Gasteiger charge is 2.38. The van der Waals surface area contributed by atoms with Gasteiger partial charge in [0.05, 0.1) is 0 Å². The lowest BCUT2D eigenvalue weighted by molar-refractivity contribution is -0.135. The van der Waals surface area contributed by atoms with Crippen LogP contribution < -0.4 is 5.32 Å². The quantitative estimate of drug-likeness (QED) is 0.784. The maximum Gasteiger partial charge on any atom is 0.223 e. The van der Waals surface area contributed by atoms with Gasteiger partial charge in [-0.25, -0.2) is 0 Å². The summed E-state index contributed by atoms with van der Waals surface area (Å²) in [6.07, 6.45) is 6.27. The normalized spacial score (nSPS) is 26.4. The summed E-state index contributed by atoms with van der Waals surface area (Å²) in [5.41, 5.74) is 0. The fraction of sp³-hybridized carbons (Fsp3) is 0.923. The Morgan fingerprint density at radius 1 is 1.29 bits per heavy atom. The molecule has 0 saturated carbocycles. The van der Waals surface area contributed by atoms with Gasteiger partial charge in [0.15, 0.2) is 0 Å². The second-order valence-corrected chi connectivity index (χ2v) is 5.43. The molecule has 2 unspecified atom stereocenters. The summed E-state index contributed by atoms with van der Waals surface area (Å²) in [6.45, 7) is 6.01. The zero-order chi connectivity index (χ0) is 12.7. The highest BCUT2D eigenvalue weighted by Crippen LogP contribution is 2.27. The van der Waals surface area contributed by atoms with Gasteiger partial charge in [-0.3, -0.25) is 4.79 Å². The van der Waals surface area contributed by atoms with Gasteiger partial charge in [-0.15, -0.1) is 0 Å². The van der Waals surface area contributed by atoms with Crippen LogP contribution in [0, 0.1) is 0 Å². The largest absolute Gasteiger partial charge is 0.334 e. The van der Waals surface area contributed by atoms with Crippen LogP contribution in [0.3, 0.4) is 0 Å². The van der Waals surface area contributed by atoms with Gasteiger partial charge in [0, 0.05) is 31.6 Å². The summed E-state index contributed by atoms with van der Waals surface area (Å²) in [7, 11) is 0. The number of fused-ring (bicyclic) bond motifs is 2. The smallest absolute Gasteiger partial charge is 0.223 e. The average Bonchev–Trinajstić information content (AvgIpc) is 2.62. The molecule has 2 aliphatic heterocycles. The summed E-state index contributed by atoms with van der Waals surface area (Å²) in [5.74, 6) is 1.49.